The Balaban J connectivity index is 3.13. The van der Waals surface area contributed by atoms with E-state index in [1.165, 1.54) is 19.2 Å². The van der Waals surface area contributed by atoms with Crippen LogP contribution in [0.3, 0.4) is 0 Å². The van der Waals surface area contributed by atoms with E-state index in [1.807, 2.05) is 6.92 Å². The molecule has 1 aromatic rings. The van der Waals surface area contributed by atoms with E-state index in [4.69, 9.17) is 5.73 Å². The average Bonchev–Trinajstić information content (AvgIpc) is 2.39. The Morgan fingerprint density at radius 1 is 1.53 bits per heavy atom. The Morgan fingerprint density at radius 2 is 2.21 bits per heavy atom. The molecule has 0 fully saturated rings. The van der Waals surface area contributed by atoms with Crippen molar-refractivity contribution in [1.82, 2.24) is 0 Å². The number of non-ortho nitro benzene ring substituents is 1. The van der Waals surface area contributed by atoms with Crippen LogP contribution in [0.1, 0.15) is 31.7 Å². The molecule has 0 aliphatic rings. The van der Waals surface area contributed by atoms with Crippen molar-refractivity contribution in [1.29, 1.82) is 0 Å². The Kier molecular flexibility index (Phi) is 5.00. The van der Waals surface area contributed by atoms with Gasteiger partial charge in [-0.05, 0) is 12.0 Å². The van der Waals surface area contributed by atoms with Crippen molar-refractivity contribution in [2.75, 3.05) is 7.11 Å². The van der Waals surface area contributed by atoms with Crippen molar-refractivity contribution < 1.29 is 14.5 Å². The average molecular weight is 266 g/mol. The molecular weight excluding hydrogens is 248 g/mol. The van der Waals surface area contributed by atoms with E-state index in [0.29, 0.717) is 12.0 Å². The number of nitrogens with two attached hydrogens (primary N) is 1. The summed E-state index contributed by atoms with van der Waals surface area (Å²) in [6.07, 6.45) is 1.30. The van der Waals surface area contributed by atoms with Gasteiger partial charge < -0.3 is 10.5 Å². The second kappa shape index (κ2) is 6.29. The van der Waals surface area contributed by atoms with Gasteiger partial charge in [-0.3, -0.25) is 14.9 Å². The van der Waals surface area contributed by atoms with Crippen LogP contribution in [0.2, 0.25) is 0 Å². The SMILES string of the molecule is CCCC(N)(CC(=O)OC)c1cccc([N+](=O)[O-])c1. The number of esters is 1. The molecule has 0 aliphatic heterocycles. The van der Waals surface area contributed by atoms with Gasteiger partial charge in [0.2, 0.25) is 0 Å². The summed E-state index contributed by atoms with van der Waals surface area (Å²) in [4.78, 5) is 21.8. The van der Waals surface area contributed by atoms with Gasteiger partial charge in [0.05, 0.1) is 24.0 Å². The zero-order valence-electron chi connectivity index (χ0n) is 11.1. The van der Waals surface area contributed by atoms with Crippen LogP contribution in [0.5, 0.6) is 0 Å². The number of rotatable bonds is 6. The molecule has 1 unspecified atom stereocenters. The lowest BCUT2D eigenvalue weighted by Gasteiger charge is -2.28. The summed E-state index contributed by atoms with van der Waals surface area (Å²) < 4.78 is 4.64. The fourth-order valence-electron chi connectivity index (χ4n) is 2.04. The van der Waals surface area contributed by atoms with E-state index in [2.05, 4.69) is 4.74 Å². The molecule has 2 N–H and O–H groups in total. The number of carbonyl (C=O) groups is 1. The molecule has 0 aromatic heterocycles. The molecule has 0 spiro atoms. The zero-order chi connectivity index (χ0) is 14.5. The van der Waals surface area contributed by atoms with Crippen LogP contribution in [-0.4, -0.2) is 18.0 Å². The number of nitro groups is 1. The van der Waals surface area contributed by atoms with Crippen LogP contribution in [0, 0.1) is 10.1 Å². The first-order chi connectivity index (χ1) is 8.92. The van der Waals surface area contributed by atoms with Crippen LogP contribution >= 0.6 is 0 Å². The first kappa shape index (κ1) is 15.1. The highest BCUT2D eigenvalue weighted by Gasteiger charge is 2.31. The highest BCUT2D eigenvalue weighted by Crippen LogP contribution is 2.30. The molecule has 1 atom stereocenters. The third-order valence-electron chi connectivity index (χ3n) is 3.02. The molecule has 0 heterocycles. The first-order valence-electron chi connectivity index (χ1n) is 6.03. The molecule has 0 bridgehead atoms. The Morgan fingerprint density at radius 3 is 2.74 bits per heavy atom. The minimum atomic E-state index is -0.937. The number of carbonyl (C=O) groups excluding carboxylic acids is 1. The van der Waals surface area contributed by atoms with Gasteiger partial charge in [0, 0.05) is 12.1 Å². The fourth-order valence-corrected chi connectivity index (χ4v) is 2.04. The second-order valence-corrected chi connectivity index (χ2v) is 4.47. The van der Waals surface area contributed by atoms with Gasteiger partial charge in [-0.25, -0.2) is 0 Å². The Hall–Kier alpha value is -1.95. The van der Waals surface area contributed by atoms with Gasteiger partial charge in [0.15, 0.2) is 0 Å². The highest BCUT2D eigenvalue weighted by molar-refractivity contribution is 5.71. The van der Waals surface area contributed by atoms with Crippen LogP contribution in [0.15, 0.2) is 24.3 Å². The molecule has 0 saturated carbocycles. The Bertz CT molecular complexity index is 475. The normalized spacial score (nSPS) is 13.6. The lowest BCUT2D eigenvalue weighted by atomic mass is 9.83. The lowest BCUT2D eigenvalue weighted by Crippen LogP contribution is -2.39. The van der Waals surface area contributed by atoms with Gasteiger partial charge in [0.25, 0.3) is 5.69 Å². The van der Waals surface area contributed by atoms with Gasteiger partial charge in [-0.2, -0.15) is 0 Å². The monoisotopic (exact) mass is 266 g/mol. The molecule has 6 heteroatoms. The van der Waals surface area contributed by atoms with Gasteiger partial charge in [-0.15, -0.1) is 0 Å². The van der Waals surface area contributed by atoms with Crippen molar-refractivity contribution >= 4 is 11.7 Å². The summed E-state index contributed by atoms with van der Waals surface area (Å²) in [5, 5.41) is 10.8. The van der Waals surface area contributed by atoms with Crippen molar-refractivity contribution in [3.8, 4) is 0 Å². The summed E-state index contributed by atoms with van der Waals surface area (Å²) in [5.74, 6) is -0.428. The van der Waals surface area contributed by atoms with E-state index in [9.17, 15) is 14.9 Å². The molecule has 19 heavy (non-hydrogen) atoms. The van der Waals surface area contributed by atoms with Gasteiger partial charge >= 0.3 is 5.97 Å². The number of nitrogens with zero attached hydrogens (tertiary/aromatic N) is 1. The topological polar surface area (TPSA) is 95.5 Å². The first-order valence-corrected chi connectivity index (χ1v) is 6.03. The molecule has 6 nitrogen and oxygen atoms in total. The number of nitro benzene ring substituents is 1. The largest absolute Gasteiger partial charge is 0.469 e. The van der Waals surface area contributed by atoms with Crippen molar-refractivity contribution in [3.63, 3.8) is 0 Å². The van der Waals surface area contributed by atoms with Crippen LogP contribution in [0.25, 0.3) is 0 Å². The molecule has 0 saturated heterocycles. The van der Waals surface area contributed by atoms with E-state index in [0.717, 1.165) is 6.42 Å². The Labute approximate surface area is 111 Å². The number of hydrogen-bond acceptors (Lipinski definition) is 5. The minimum Gasteiger partial charge on any atom is -0.469 e. The predicted octanol–water partition coefficient (Wildman–Crippen LogP) is 2.11. The number of hydrogen-bond donors (Lipinski definition) is 1. The number of benzene rings is 1. The predicted molar refractivity (Wildman–Crippen MR) is 70.5 cm³/mol. The second-order valence-electron chi connectivity index (χ2n) is 4.47. The van der Waals surface area contributed by atoms with Crippen LogP contribution < -0.4 is 5.73 Å². The summed E-state index contributed by atoms with van der Waals surface area (Å²) in [6, 6.07) is 6.08. The summed E-state index contributed by atoms with van der Waals surface area (Å²) in [7, 11) is 1.29. The third kappa shape index (κ3) is 3.75. The van der Waals surface area contributed by atoms with Gasteiger partial charge in [-0.1, -0.05) is 25.5 Å². The third-order valence-corrected chi connectivity index (χ3v) is 3.02. The highest BCUT2D eigenvalue weighted by atomic mass is 16.6. The zero-order valence-corrected chi connectivity index (χ0v) is 11.1. The van der Waals surface area contributed by atoms with Crippen LogP contribution in [-0.2, 0) is 15.1 Å². The fraction of sp³-hybridized carbons (Fsp3) is 0.462. The summed E-state index contributed by atoms with van der Waals surface area (Å²) in [5.41, 5.74) is 5.86. The minimum absolute atomic E-state index is 0.00148. The molecule has 0 aliphatic carbocycles. The van der Waals surface area contributed by atoms with Crippen molar-refractivity contribution in [3.05, 3.63) is 39.9 Å². The van der Waals surface area contributed by atoms with Crippen molar-refractivity contribution in [2.24, 2.45) is 5.73 Å². The van der Waals surface area contributed by atoms with E-state index >= 15 is 0 Å². The smallest absolute Gasteiger partial charge is 0.307 e. The van der Waals surface area contributed by atoms with E-state index < -0.39 is 16.4 Å². The number of ether oxygens (including phenoxy) is 1. The van der Waals surface area contributed by atoms with Crippen molar-refractivity contribution in [2.45, 2.75) is 31.7 Å². The summed E-state index contributed by atoms with van der Waals surface area (Å²) >= 11 is 0. The summed E-state index contributed by atoms with van der Waals surface area (Å²) in [6.45, 7) is 1.94. The molecule has 1 aromatic carbocycles. The molecule has 1 rings (SSSR count). The van der Waals surface area contributed by atoms with E-state index in [-0.39, 0.29) is 12.1 Å². The molecule has 0 amide bonds. The number of methoxy groups -OCH3 is 1. The van der Waals surface area contributed by atoms with E-state index in [1.54, 1.807) is 12.1 Å². The van der Waals surface area contributed by atoms with Crippen LogP contribution in [0.4, 0.5) is 5.69 Å². The maximum absolute atomic E-state index is 11.5. The molecular formula is C13H18N2O4. The molecule has 0 radical (unpaired) electrons. The molecule has 104 valence electrons. The lowest BCUT2D eigenvalue weighted by molar-refractivity contribution is -0.385. The maximum atomic E-state index is 11.5. The maximum Gasteiger partial charge on any atom is 0.307 e. The van der Waals surface area contributed by atoms with Gasteiger partial charge in [0.1, 0.15) is 0 Å². The quantitative estimate of drug-likeness (QED) is 0.483. The standard InChI is InChI=1S/C13H18N2O4/c1-3-7-13(14,9-12(16)19-2)10-5-4-6-11(8-10)15(17)18/h4-6,8H,3,7,9,14H2,1-2H3.